The molecule has 0 atom stereocenters. The normalized spacial score (nSPS) is 16.5. The van der Waals surface area contributed by atoms with E-state index in [0.29, 0.717) is 48.6 Å². The first kappa shape index (κ1) is 23.2. The maximum atomic E-state index is 13.5. The minimum absolute atomic E-state index is 0.0259. The van der Waals surface area contributed by atoms with Gasteiger partial charge in [-0.15, -0.1) is 0 Å². The molecule has 0 saturated carbocycles. The largest absolute Gasteiger partial charge is 0.497 e. The van der Waals surface area contributed by atoms with Crippen molar-refractivity contribution in [2.75, 3.05) is 41.9 Å². The summed E-state index contributed by atoms with van der Waals surface area (Å²) < 4.78 is 5.19. The second kappa shape index (κ2) is 10.3. The van der Waals surface area contributed by atoms with Crippen LogP contribution in [0.1, 0.15) is 25.7 Å². The standard InChI is InChI=1S/C25H27N5O4/c1-34-20-11-5-17(6-12-20)28-24-21(22(26)16-27-33)13-15-30(25(24)32)19-9-7-18(8-10-19)29-14-3-2-4-23(29)31/h5-12,26,28H,2-4,13-16H2,1H3. The van der Waals surface area contributed by atoms with E-state index in [4.69, 9.17) is 10.1 Å². The molecule has 0 spiro atoms. The highest BCUT2D eigenvalue weighted by atomic mass is 16.5. The molecule has 0 bridgehead atoms. The summed E-state index contributed by atoms with van der Waals surface area (Å²) in [7, 11) is 1.58. The first-order chi connectivity index (χ1) is 16.5. The van der Waals surface area contributed by atoms with E-state index in [1.807, 2.05) is 24.3 Å². The molecule has 9 nitrogen and oxygen atoms in total. The number of piperidine rings is 1. The molecule has 176 valence electrons. The number of carbonyl (C=O) groups is 2. The molecule has 0 aromatic heterocycles. The number of nitroso groups, excluding NO2 is 1. The lowest BCUT2D eigenvalue weighted by Crippen LogP contribution is -2.41. The summed E-state index contributed by atoms with van der Waals surface area (Å²) >= 11 is 0. The Labute approximate surface area is 197 Å². The molecule has 0 unspecified atom stereocenters. The van der Waals surface area contributed by atoms with Crippen molar-refractivity contribution < 1.29 is 14.3 Å². The van der Waals surface area contributed by atoms with Crippen LogP contribution in [0.2, 0.25) is 0 Å². The number of hydrogen-bond donors (Lipinski definition) is 2. The Bertz CT molecular complexity index is 1120. The minimum atomic E-state index is -0.297. The van der Waals surface area contributed by atoms with Crippen LogP contribution in [0.25, 0.3) is 0 Å². The summed E-state index contributed by atoms with van der Waals surface area (Å²) in [6, 6.07) is 14.5. The van der Waals surface area contributed by atoms with Crippen LogP contribution in [0.3, 0.4) is 0 Å². The fourth-order valence-electron chi connectivity index (χ4n) is 4.26. The zero-order valence-electron chi connectivity index (χ0n) is 19.0. The second-order valence-corrected chi connectivity index (χ2v) is 8.20. The van der Waals surface area contributed by atoms with Gasteiger partial charge in [0.05, 0.1) is 12.8 Å². The zero-order chi connectivity index (χ0) is 24.1. The fraction of sp³-hybridized carbons (Fsp3) is 0.320. The maximum Gasteiger partial charge on any atom is 0.275 e. The number of ether oxygens (including phenoxy) is 1. The van der Waals surface area contributed by atoms with Crippen LogP contribution in [-0.2, 0) is 9.59 Å². The lowest BCUT2D eigenvalue weighted by atomic mass is 9.98. The third-order valence-corrected chi connectivity index (χ3v) is 6.09. The van der Waals surface area contributed by atoms with Gasteiger partial charge in [-0.1, -0.05) is 5.18 Å². The Morgan fingerprint density at radius 1 is 0.971 bits per heavy atom. The van der Waals surface area contributed by atoms with E-state index in [-0.39, 0.29) is 29.8 Å². The predicted octanol–water partition coefficient (Wildman–Crippen LogP) is 4.10. The van der Waals surface area contributed by atoms with Gasteiger partial charge >= 0.3 is 0 Å². The number of benzene rings is 2. The second-order valence-electron chi connectivity index (χ2n) is 8.20. The SMILES string of the molecule is COc1ccc(NC2=C(C(=N)CN=O)CCN(c3ccc(N4CCCCC4=O)cc3)C2=O)cc1. The van der Waals surface area contributed by atoms with Gasteiger partial charge in [-0.3, -0.25) is 9.59 Å². The van der Waals surface area contributed by atoms with E-state index in [2.05, 4.69) is 10.5 Å². The highest BCUT2D eigenvalue weighted by Gasteiger charge is 2.30. The van der Waals surface area contributed by atoms with Gasteiger partial charge in [-0.2, -0.15) is 4.91 Å². The quantitative estimate of drug-likeness (QED) is 0.454. The summed E-state index contributed by atoms with van der Waals surface area (Å²) in [4.78, 5) is 40.0. The number of carbonyl (C=O) groups excluding carboxylic acids is 2. The summed E-state index contributed by atoms with van der Waals surface area (Å²) in [5.41, 5.74) is 2.94. The van der Waals surface area contributed by atoms with Gasteiger partial charge in [0.1, 0.15) is 18.0 Å². The van der Waals surface area contributed by atoms with Gasteiger partial charge in [0, 0.05) is 42.1 Å². The molecule has 2 heterocycles. The molecule has 1 saturated heterocycles. The van der Waals surface area contributed by atoms with E-state index in [1.54, 1.807) is 41.2 Å². The van der Waals surface area contributed by atoms with E-state index >= 15 is 0 Å². The number of nitrogens with zero attached hydrogens (tertiary/aromatic N) is 3. The fourth-order valence-corrected chi connectivity index (χ4v) is 4.26. The molecule has 0 aliphatic carbocycles. The van der Waals surface area contributed by atoms with Crippen molar-refractivity contribution in [3.63, 3.8) is 0 Å². The predicted molar refractivity (Wildman–Crippen MR) is 132 cm³/mol. The summed E-state index contributed by atoms with van der Waals surface area (Å²) in [5.74, 6) is 0.505. The van der Waals surface area contributed by atoms with Crippen LogP contribution >= 0.6 is 0 Å². The van der Waals surface area contributed by atoms with E-state index in [0.717, 1.165) is 18.5 Å². The monoisotopic (exact) mass is 461 g/mol. The van der Waals surface area contributed by atoms with Crippen molar-refractivity contribution in [3.8, 4) is 5.75 Å². The average Bonchev–Trinajstić information content (AvgIpc) is 2.86. The third-order valence-electron chi connectivity index (χ3n) is 6.09. The molecule has 2 N–H and O–H groups in total. The molecule has 2 aromatic rings. The number of rotatable bonds is 8. The van der Waals surface area contributed by atoms with Crippen LogP contribution in [0.15, 0.2) is 65.0 Å². The number of amides is 2. The molecular weight excluding hydrogens is 434 g/mol. The Morgan fingerprint density at radius 2 is 1.65 bits per heavy atom. The Hall–Kier alpha value is -4.01. The topological polar surface area (TPSA) is 115 Å². The molecule has 0 radical (unpaired) electrons. The molecule has 2 amide bonds. The number of nitrogens with one attached hydrogen (secondary N) is 2. The molecular formula is C25H27N5O4. The van der Waals surface area contributed by atoms with Gasteiger partial charge in [0.15, 0.2) is 0 Å². The smallest absolute Gasteiger partial charge is 0.275 e. The first-order valence-corrected chi connectivity index (χ1v) is 11.2. The van der Waals surface area contributed by atoms with Gasteiger partial charge in [0.2, 0.25) is 5.91 Å². The highest BCUT2D eigenvalue weighted by molar-refractivity contribution is 6.15. The molecule has 34 heavy (non-hydrogen) atoms. The molecule has 1 fully saturated rings. The number of hydrogen-bond acceptors (Lipinski definition) is 7. The van der Waals surface area contributed by atoms with E-state index in [9.17, 15) is 14.5 Å². The van der Waals surface area contributed by atoms with Crippen LogP contribution in [0.5, 0.6) is 5.75 Å². The van der Waals surface area contributed by atoms with Crippen molar-refractivity contribution >= 4 is 34.6 Å². The molecule has 2 aliphatic rings. The summed E-state index contributed by atoms with van der Waals surface area (Å²) in [6.07, 6.45) is 2.86. The maximum absolute atomic E-state index is 13.5. The molecule has 9 heteroatoms. The first-order valence-electron chi connectivity index (χ1n) is 11.2. The van der Waals surface area contributed by atoms with Gasteiger partial charge in [0.25, 0.3) is 5.91 Å². The highest BCUT2D eigenvalue weighted by Crippen LogP contribution is 2.30. The van der Waals surface area contributed by atoms with Crippen molar-refractivity contribution in [3.05, 3.63) is 64.7 Å². The lowest BCUT2D eigenvalue weighted by molar-refractivity contribution is -0.119. The van der Waals surface area contributed by atoms with Crippen LogP contribution in [-0.4, -0.2) is 44.3 Å². The van der Waals surface area contributed by atoms with Gasteiger partial charge < -0.3 is 25.3 Å². The molecule has 2 aromatic carbocycles. The van der Waals surface area contributed by atoms with Crippen molar-refractivity contribution in [2.45, 2.75) is 25.7 Å². The Morgan fingerprint density at radius 3 is 2.26 bits per heavy atom. The molecule has 2 aliphatic heterocycles. The minimum Gasteiger partial charge on any atom is -0.497 e. The van der Waals surface area contributed by atoms with Gasteiger partial charge in [-0.05, 0) is 67.8 Å². The van der Waals surface area contributed by atoms with E-state index < -0.39 is 0 Å². The Kier molecular flexibility index (Phi) is 7.01. The van der Waals surface area contributed by atoms with Crippen molar-refractivity contribution in [2.24, 2.45) is 5.18 Å². The molecule has 4 rings (SSSR count). The van der Waals surface area contributed by atoms with Crippen molar-refractivity contribution in [1.82, 2.24) is 0 Å². The van der Waals surface area contributed by atoms with Crippen LogP contribution in [0.4, 0.5) is 17.1 Å². The van der Waals surface area contributed by atoms with Crippen LogP contribution in [0, 0.1) is 10.3 Å². The third kappa shape index (κ3) is 4.83. The number of anilines is 3. The van der Waals surface area contributed by atoms with Crippen molar-refractivity contribution in [1.29, 1.82) is 5.41 Å². The average molecular weight is 462 g/mol. The zero-order valence-corrected chi connectivity index (χ0v) is 19.0. The Balaban J connectivity index is 1.60. The number of methoxy groups -OCH3 is 1. The lowest BCUT2D eigenvalue weighted by Gasteiger charge is -2.32. The van der Waals surface area contributed by atoms with Gasteiger partial charge in [-0.25, -0.2) is 0 Å². The van der Waals surface area contributed by atoms with Crippen LogP contribution < -0.4 is 19.9 Å². The summed E-state index contributed by atoms with van der Waals surface area (Å²) in [6.45, 7) is 0.774. The summed E-state index contributed by atoms with van der Waals surface area (Å²) in [5, 5.41) is 14.2. The van der Waals surface area contributed by atoms with E-state index in [1.165, 1.54) is 0 Å².